The van der Waals surface area contributed by atoms with E-state index in [0.717, 1.165) is 11.1 Å². The quantitative estimate of drug-likeness (QED) is 0.0649. The van der Waals surface area contributed by atoms with Gasteiger partial charge in [-0.1, -0.05) is 72.8 Å². The summed E-state index contributed by atoms with van der Waals surface area (Å²) in [5.41, 5.74) is 1.21. The van der Waals surface area contributed by atoms with Gasteiger partial charge < -0.3 is 24.3 Å². The van der Waals surface area contributed by atoms with Gasteiger partial charge in [0.2, 0.25) is 5.96 Å². The number of hydrogen-bond acceptors (Lipinski definition) is 9. The van der Waals surface area contributed by atoms with Crippen LogP contribution in [0, 0.1) is 0 Å². The van der Waals surface area contributed by atoms with Gasteiger partial charge in [0, 0.05) is 5.39 Å². The van der Waals surface area contributed by atoms with Crippen molar-refractivity contribution in [3.63, 3.8) is 0 Å². The molecule has 3 N–H and O–H groups in total. The van der Waals surface area contributed by atoms with Crippen molar-refractivity contribution in [3.8, 4) is 5.75 Å². The van der Waals surface area contributed by atoms with Crippen LogP contribution in [0.4, 0.5) is 20.1 Å². The summed E-state index contributed by atoms with van der Waals surface area (Å²) in [7, 11) is 0. The van der Waals surface area contributed by atoms with Crippen molar-refractivity contribution in [3.05, 3.63) is 108 Å². The number of aliphatic imine (C=N–C) groups is 1. The lowest BCUT2D eigenvalue weighted by atomic mass is 10.1. The van der Waals surface area contributed by atoms with Crippen molar-refractivity contribution >= 4 is 46.7 Å². The maximum absolute atomic E-state index is 12.7. The van der Waals surface area contributed by atoms with Crippen LogP contribution in [-0.4, -0.2) is 41.9 Å². The number of esters is 1. The molecule has 0 bridgehead atoms. The van der Waals surface area contributed by atoms with Crippen molar-refractivity contribution in [1.82, 2.24) is 16.0 Å². The van der Waals surface area contributed by atoms with Gasteiger partial charge in [-0.2, -0.15) is 0 Å². The molecule has 47 heavy (non-hydrogen) atoms. The lowest BCUT2D eigenvalue weighted by Crippen LogP contribution is -2.44. The van der Waals surface area contributed by atoms with Crippen molar-refractivity contribution in [2.45, 2.75) is 52.6 Å². The minimum Gasteiger partial charge on any atom is -0.444 e. The first-order valence-electron chi connectivity index (χ1n) is 14.7. The number of nitrogens with zero attached hydrogens (tertiary/aromatic N) is 1. The van der Waals surface area contributed by atoms with Crippen molar-refractivity contribution in [2.75, 3.05) is 0 Å². The molecule has 0 heterocycles. The summed E-state index contributed by atoms with van der Waals surface area (Å²) >= 11 is 0. The number of nitrogens with one attached hydrogen (secondary N) is 3. The lowest BCUT2D eigenvalue weighted by Gasteiger charge is -2.21. The van der Waals surface area contributed by atoms with E-state index in [4.69, 9.17) is 18.9 Å². The van der Waals surface area contributed by atoms with Crippen LogP contribution < -0.4 is 20.7 Å². The van der Waals surface area contributed by atoms with Gasteiger partial charge in [-0.15, -0.1) is 0 Å². The first-order valence-corrected chi connectivity index (χ1v) is 14.7. The second-order valence-corrected chi connectivity index (χ2v) is 11.3. The first-order chi connectivity index (χ1) is 22.4. The average Bonchev–Trinajstić information content (AvgIpc) is 3.03. The second kappa shape index (κ2) is 15.9. The SMILES string of the molecule is C[C@H](NC(=O)OC(C)(C)C)C(=O)Oc1ccc2c(N=C(NC(=O)OCc3ccccc3)NC(=O)OCc3ccccc3)cccc2c1. The number of amides is 3. The minimum absolute atomic E-state index is 0.0000821. The van der Waals surface area contributed by atoms with E-state index < -0.39 is 35.9 Å². The molecule has 1 atom stereocenters. The number of ether oxygens (including phenoxy) is 4. The van der Waals surface area contributed by atoms with Crippen molar-refractivity contribution < 1.29 is 38.1 Å². The Morgan fingerprint density at radius 3 is 1.85 bits per heavy atom. The molecule has 0 saturated carbocycles. The molecule has 4 rings (SSSR count). The van der Waals surface area contributed by atoms with E-state index >= 15 is 0 Å². The maximum atomic E-state index is 12.7. The van der Waals surface area contributed by atoms with E-state index in [0.29, 0.717) is 16.5 Å². The van der Waals surface area contributed by atoms with Gasteiger partial charge in [-0.05, 0) is 68.5 Å². The number of hydrogen-bond donors (Lipinski definition) is 3. The highest BCUT2D eigenvalue weighted by Gasteiger charge is 2.22. The minimum atomic E-state index is -0.973. The Labute approximate surface area is 272 Å². The van der Waals surface area contributed by atoms with Gasteiger partial charge in [0.25, 0.3) is 0 Å². The number of alkyl carbamates (subject to hydrolysis) is 3. The molecule has 4 aromatic carbocycles. The van der Waals surface area contributed by atoms with Crippen LogP contribution in [-0.2, 0) is 32.2 Å². The molecule has 3 amide bonds. The van der Waals surface area contributed by atoms with Crippen LogP contribution >= 0.6 is 0 Å². The number of benzene rings is 4. The Hall–Kier alpha value is -5.91. The number of carbonyl (C=O) groups excluding carboxylic acids is 4. The van der Waals surface area contributed by atoms with Crippen LogP contribution in [0.1, 0.15) is 38.8 Å². The Bertz CT molecular complexity index is 1680. The summed E-state index contributed by atoms with van der Waals surface area (Å²) in [6.45, 7) is 6.63. The number of carbonyl (C=O) groups is 4. The highest BCUT2D eigenvalue weighted by atomic mass is 16.6. The zero-order valence-corrected chi connectivity index (χ0v) is 26.4. The van der Waals surface area contributed by atoms with Gasteiger partial charge in [0.05, 0.1) is 5.69 Å². The summed E-state index contributed by atoms with van der Waals surface area (Å²) in [6.07, 6.45) is -2.44. The second-order valence-electron chi connectivity index (χ2n) is 11.3. The molecule has 0 saturated heterocycles. The topological polar surface area (TPSA) is 154 Å². The fraction of sp³-hybridized carbons (Fsp3) is 0.229. The van der Waals surface area contributed by atoms with Gasteiger partial charge in [-0.3, -0.25) is 10.6 Å². The van der Waals surface area contributed by atoms with Gasteiger partial charge in [0.15, 0.2) is 0 Å². The highest BCUT2D eigenvalue weighted by molar-refractivity contribution is 6.04. The van der Waals surface area contributed by atoms with Crippen LogP contribution in [0.2, 0.25) is 0 Å². The van der Waals surface area contributed by atoms with Crippen molar-refractivity contribution in [2.24, 2.45) is 4.99 Å². The zero-order valence-electron chi connectivity index (χ0n) is 26.4. The predicted molar refractivity (Wildman–Crippen MR) is 175 cm³/mol. The summed E-state index contributed by atoms with van der Waals surface area (Å²) in [6, 6.07) is 27.2. The Morgan fingerprint density at radius 1 is 0.723 bits per heavy atom. The number of rotatable bonds is 8. The van der Waals surface area contributed by atoms with E-state index in [1.807, 2.05) is 36.4 Å². The predicted octanol–water partition coefficient (Wildman–Crippen LogP) is 6.50. The molecule has 0 aliphatic rings. The molecule has 244 valence electrons. The van der Waals surface area contributed by atoms with E-state index in [1.54, 1.807) is 81.4 Å². The van der Waals surface area contributed by atoms with E-state index in [1.165, 1.54) is 6.92 Å². The normalized spacial score (nSPS) is 11.4. The highest BCUT2D eigenvalue weighted by Crippen LogP contribution is 2.29. The van der Waals surface area contributed by atoms with Gasteiger partial charge >= 0.3 is 24.2 Å². The number of fused-ring (bicyclic) bond motifs is 1. The monoisotopic (exact) mass is 640 g/mol. The molecule has 4 aromatic rings. The third kappa shape index (κ3) is 11.2. The smallest absolute Gasteiger partial charge is 0.414 e. The van der Waals surface area contributed by atoms with Gasteiger partial charge in [0.1, 0.15) is 30.6 Å². The largest absolute Gasteiger partial charge is 0.444 e. The molecule has 0 aliphatic carbocycles. The van der Waals surface area contributed by atoms with Gasteiger partial charge in [-0.25, -0.2) is 24.2 Å². The summed E-state index contributed by atoms with van der Waals surface area (Å²) in [5.74, 6) is -0.693. The fourth-order valence-electron chi connectivity index (χ4n) is 4.07. The standard InChI is InChI=1S/C35H36N4O8/c1-23(36-34(43)47-35(2,3)4)30(40)46-27-18-19-28-26(20-27)16-11-17-29(28)37-31(38-32(41)44-21-24-12-7-5-8-13-24)39-33(42)45-22-25-14-9-6-10-15-25/h5-20,23H,21-22H2,1-4H3,(H,36,43)(H2,37,38,39,41,42)/t23-/m0/s1. The summed E-state index contributed by atoms with van der Waals surface area (Å²) in [5, 5.41) is 8.65. The van der Waals surface area contributed by atoms with E-state index in [9.17, 15) is 19.2 Å². The van der Waals surface area contributed by atoms with Crippen LogP contribution in [0.25, 0.3) is 10.8 Å². The Kier molecular flexibility index (Phi) is 11.5. The average molecular weight is 641 g/mol. The molecular weight excluding hydrogens is 604 g/mol. The molecule has 0 aliphatic heterocycles. The molecular formula is C35H36N4O8. The molecule has 12 heteroatoms. The third-order valence-electron chi connectivity index (χ3n) is 6.23. The number of guanidine groups is 1. The van der Waals surface area contributed by atoms with Crippen LogP contribution in [0.3, 0.4) is 0 Å². The van der Waals surface area contributed by atoms with Crippen LogP contribution in [0.15, 0.2) is 102 Å². The Balaban J connectivity index is 1.50. The van der Waals surface area contributed by atoms with E-state index in [-0.39, 0.29) is 24.9 Å². The molecule has 0 spiro atoms. The third-order valence-corrected chi connectivity index (χ3v) is 6.23. The maximum Gasteiger partial charge on any atom is 0.414 e. The summed E-state index contributed by atoms with van der Waals surface area (Å²) < 4.78 is 21.3. The zero-order chi connectivity index (χ0) is 33.8. The van der Waals surface area contributed by atoms with Crippen molar-refractivity contribution in [1.29, 1.82) is 0 Å². The first kappa shape index (κ1) is 34.0. The van der Waals surface area contributed by atoms with E-state index in [2.05, 4.69) is 20.9 Å². The molecule has 0 aromatic heterocycles. The molecule has 0 radical (unpaired) electrons. The molecule has 0 unspecified atom stereocenters. The Morgan fingerprint density at radius 2 is 1.30 bits per heavy atom. The fourth-order valence-corrected chi connectivity index (χ4v) is 4.07. The molecule has 12 nitrogen and oxygen atoms in total. The summed E-state index contributed by atoms with van der Waals surface area (Å²) in [4.78, 5) is 54.5. The molecule has 0 fully saturated rings. The lowest BCUT2D eigenvalue weighted by molar-refractivity contribution is -0.136. The van der Waals surface area contributed by atoms with Crippen LogP contribution in [0.5, 0.6) is 5.75 Å².